The minimum Gasteiger partial charge on any atom is -0.504 e. The lowest BCUT2D eigenvalue weighted by Gasteiger charge is -2.75. The molecule has 1 saturated heterocycles. The Kier molecular flexibility index (Phi) is 4.27. The van der Waals surface area contributed by atoms with Gasteiger partial charge in [0.15, 0.2) is 11.5 Å². The molecule has 4 bridgehead atoms. The molecule has 6 heteroatoms. The van der Waals surface area contributed by atoms with Gasteiger partial charge in [-0.15, -0.1) is 12.4 Å². The number of likely N-dealkylation sites (N-methyl/N-ethyl adjacent to an activating group) is 1. The Morgan fingerprint density at radius 1 is 1.22 bits per heavy atom. The fourth-order valence-electron chi connectivity index (χ4n) is 9.64. The minimum absolute atomic E-state index is 0. The van der Waals surface area contributed by atoms with Gasteiger partial charge in [0.05, 0.1) is 5.60 Å². The molecule has 4 saturated carbocycles. The van der Waals surface area contributed by atoms with Crippen LogP contribution in [0.4, 0.5) is 0 Å². The second-order valence-electron chi connectivity index (χ2n) is 11.8. The van der Waals surface area contributed by atoms with Crippen molar-refractivity contribution in [2.24, 2.45) is 17.3 Å². The molecule has 0 radical (unpaired) electrons. The zero-order valence-corrected chi connectivity index (χ0v) is 20.2. The summed E-state index contributed by atoms with van der Waals surface area (Å²) in [5.74, 6) is 1.38. The number of hydrogen-bond donors (Lipinski definition) is 2. The van der Waals surface area contributed by atoms with E-state index in [1.807, 2.05) is 13.2 Å². The van der Waals surface area contributed by atoms with Crippen LogP contribution in [-0.2, 0) is 16.6 Å². The molecule has 0 amide bonds. The molecule has 2 heterocycles. The maximum atomic E-state index is 12.0. The largest absolute Gasteiger partial charge is 0.504 e. The number of fused-ring (bicyclic) bond motifs is 2. The van der Waals surface area contributed by atoms with Gasteiger partial charge in [0.1, 0.15) is 11.7 Å². The van der Waals surface area contributed by atoms with Crippen molar-refractivity contribution >= 4 is 12.4 Å². The zero-order chi connectivity index (χ0) is 21.4. The van der Waals surface area contributed by atoms with Gasteiger partial charge in [-0.3, -0.25) is 0 Å². The molecule has 1 aromatic rings. The molecule has 5 nitrogen and oxygen atoms in total. The van der Waals surface area contributed by atoms with Gasteiger partial charge in [-0.1, -0.05) is 12.5 Å². The molecule has 7 aliphatic rings. The van der Waals surface area contributed by atoms with Gasteiger partial charge < -0.3 is 24.6 Å². The van der Waals surface area contributed by atoms with Gasteiger partial charge in [0, 0.05) is 35.5 Å². The molecule has 8 rings (SSSR count). The predicted molar refractivity (Wildman–Crippen MR) is 124 cm³/mol. The molecule has 2 spiro atoms. The summed E-state index contributed by atoms with van der Waals surface area (Å²) in [6.45, 7) is 3.13. The first kappa shape index (κ1) is 21.5. The highest BCUT2D eigenvalue weighted by Gasteiger charge is 2.82. The number of hydrogen-bond acceptors (Lipinski definition) is 5. The van der Waals surface area contributed by atoms with Crippen LogP contribution in [0.25, 0.3) is 0 Å². The Labute approximate surface area is 196 Å². The standard InChI is InChI=1S/C26H35NO4.ClH/c1-23(29,16-5-4-6-16)18-14-24-9-10-26(18,30-3)22-25(24)11-12-27(2)19(24)13-15-7-8-17(28)21(31-22)20(15)25;/h7-8,16,18-19,22,28-29H,4-6,9-14H2,1-3H3;1H/t18-,19?,22-,23+,24-,25+,26-;/m1./s1. The lowest BCUT2D eigenvalue weighted by Crippen LogP contribution is -2.82. The topological polar surface area (TPSA) is 62.2 Å². The van der Waals surface area contributed by atoms with E-state index in [-0.39, 0.29) is 41.0 Å². The molecular weight excluding hydrogens is 426 g/mol. The van der Waals surface area contributed by atoms with Crippen LogP contribution in [0.3, 0.4) is 0 Å². The van der Waals surface area contributed by atoms with E-state index in [2.05, 4.69) is 24.9 Å². The van der Waals surface area contributed by atoms with Gasteiger partial charge in [0.2, 0.25) is 0 Å². The second kappa shape index (κ2) is 6.35. The van der Waals surface area contributed by atoms with E-state index in [1.54, 1.807) is 0 Å². The van der Waals surface area contributed by atoms with Crippen LogP contribution in [0.2, 0.25) is 0 Å². The van der Waals surface area contributed by atoms with E-state index in [9.17, 15) is 10.2 Å². The van der Waals surface area contributed by atoms with Gasteiger partial charge in [-0.25, -0.2) is 0 Å². The number of ether oxygens (including phenoxy) is 2. The molecule has 2 aliphatic heterocycles. The van der Waals surface area contributed by atoms with Crippen molar-refractivity contribution in [1.29, 1.82) is 0 Å². The maximum Gasteiger partial charge on any atom is 0.165 e. The van der Waals surface area contributed by atoms with E-state index in [0.29, 0.717) is 17.7 Å². The van der Waals surface area contributed by atoms with Crippen LogP contribution in [0.5, 0.6) is 11.5 Å². The summed E-state index contributed by atoms with van der Waals surface area (Å²) in [5, 5.41) is 22.9. The molecule has 176 valence electrons. The summed E-state index contributed by atoms with van der Waals surface area (Å²) in [5.41, 5.74) is 1.31. The zero-order valence-electron chi connectivity index (χ0n) is 19.4. The van der Waals surface area contributed by atoms with E-state index in [4.69, 9.17) is 9.47 Å². The van der Waals surface area contributed by atoms with E-state index in [0.717, 1.165) is 51.5 Å². The van der Waals surface area contributed by atoms with Crippen molar-refractivity contribution in [3.63, 3.8) is 0 Å². The van der Waals surface area contributed by atoms with Crippen molar-refractivity contribution in [3.05, 3.63) is 23.3 Å². The molecular formula is C26H36ClNO4. The number of benzene rings is 1. The van der Waals surface area contributed by atoms with Crippen LogP contribution >= 0.6 is 12.4 Å². The highest BCUT2D eigenvalue weighted by Crippen LogP contribution is 2.77. The molecule has 0 aromatic heterocycles. The number of phenols is 1. The number of nitrogens with zero attached hydrogens (tertiary/aromatic N) is 1. The van der Waals surface area contributed by atoms with E-state index < -0.39 is 11.2 Å². The van der Waals surface area contributed by atoms with Crippen molar-refractivity contribution in [2.75, 3.05) is 20.7 Å². The Morgan fingerprint density at radius 3 is 2.69 bits per heavy atom. The highest BCUT2D eigenvalue weighted by molar-refractivity contribution is 5.85. The third kappa shape index (κ3) is 2.02. The minimum atomic E-state index is -0.753. The SMILES string of the molecule is CO[C@]12CC[C@@]3(C[C@@H]1[C@@](C)(O)C1CCC1)C1Cc4ccc(O)c5c4[C@@]3(CCN1C)[C@H]2O5.Cl. The maximum absolute atomic E-state index is 12.0. The molecule has 5 aliphatic carbocycles. The number of piperidine rings is 1. The number of phenolic OH excluding ortho intramolecular Hbond substituents is 1. The molecule has 2 N–H and O–H groups in total. The van der Waals surface area contributed by atoms with Crippen LogP contribution in [0.1, 0.15) is 63.0 Å². The van der Waals surface area contributed by atoms with E-state index in [1.165, 1.54) is 17.5 Å². The van der Waals surface area contributed by atoms with Crippen LogP contribution in [-0.4, -0.2) is 59.2 Å². The first-order valence-electron chi connectivity index (χ1n) is 12.3. The van der Waals surface area contributed by atoms with Gasteiger partial charge in [-0.05, 0) is 83.0 Å². The summed E-state index contributed by atoms with van der Waals surface area (Å²) in [6, 6.07) is 4.40. The summed E-state index contributed by atoms with van der Waals surface area (Å²) >= 11 is 0. The third-order valence-corrected chi connectivity index (χ3v) is 11.3. The Morgan fingerprint density at radius 2 is 2.00 bits per heavy atom. The smallest absolute Gasteiger partial charge is 0.165 e. The first-order chi connectivity index (χ1) is 14.8. The average Bonchev–Trinajstić information content (AvgIpc) is 3.08. The van der Waals surface area contributed by atoms with Gasteiger partial charge in [0.25, 0.3) is 0 Å². The Hall–Kier alpha value is -1.01. The van der Waals surface area contributed by atoms with Crippen molar-refractivity contribution in [3.8, 4) is 11.5 Å². The van der Waals surface area contributed by atoms with Crippen molar-refractivity contribution in [2.45, 2.75) is 87.1 Å². The normalized spacial score (nSPS) is 45.3. The number of aliphatic hydroxyl groups is 1. The van der Waals surface area contributed by atoms with Crippen LogP contribution < -0.4 is 4.74 Å². The molecule has 1 unspecified atom stereocenters. The summed E-state index contributed by atoms with van der Waals surface area (Å²) in [7, 11) is 4.12. The number of rotatable bonds is 3. The number of methoxy groups -OCH3 is 1. The number of halogens is 1. The van der Waals surface area contributed by atoms with E-state index >= 15 is 0 Å². The fourth-order valence-corrected chi connectivity index (χ4v) is 9.64. The lowest BCUT2D eigenvalue weighted by molar-refractivity contribution is -0.309. The van der Waals surface area contributed by atoms with Gasteiger partial charge >= 0.3 is 0 Å². The van der Waals surface area contributed by atoms with Crippen LogP contribution in [0, 0.1) is 17.3 Å². The van der Waals surface area contributed by atoms with Crippen molar-refractivity contribution < 1.29 is 19.7 Å². The van der Waals surface area contributed by atoms with Crippen molar-refractivity contribution in [1.82, 2.24) is 4.90 Å². The summed E-state index contributed by atoms with van der Waals surface area (Å²) < 4.78 is 13.3. The number of aromatic hydroxyl groups is 1. The molecule has 7 atom stereocenters. The molecule has 1 aromatic carbocycles. The first-order valence-corrected chi connectivity index (χ1v) is 12.3. The molecule has 5 fully saturated rings. The lowest BCUT2D eigenvalue weighted by atomic mass is 9.33. The highest BCUT2D eigenvalue weighted by atomic mass is 35.5. The Balaban J connectivity index is 0.00000196. The average molecular weight is 462 g/mol. The summed E-state index contributed by atoms with van der Waals surface area (Å²) in [4.78, 5) is 2.58. The third-order valence-electron chi connectivity index (χ3n) is 11.3. The monoisotopic (exact) mass is 461 g/mol. The number of likely N-dealkylation sites (tertiary alicyclic amines) is 1. The Bertz CT molecular complexity index is 979. The molecule has 32 heavy (non-hydrogen) atoms. The predicted octanol–water partition coefficient (Wildman–Crippen LogP) is 3.81. The quantitative estimate of drug-likeness (QED) is 0.716. The second-order valence-corrected chi connectivity index (χ2v) is 11.8. The van der Waals surface area contributed by atoms with Gasteiger partial charge in [-0.2, -0.15) is 0 Å². The summed E-state index contributed by atoms with van der Waals surface area (Å²) in [6.07, 6.45) is 8.39. The van der Waals surface area contributed by atoms with Crippen LogP contribution in [0.15, 0.2) is 12.1 Å². The fraction of sp³-hybridized carbons (Fsp3) is 0.769.